The van der Waals surface area contributed by atoms with E-state index in [1.54, 1.807) is 116 Å². The van der Waals surface area contributed by atoms with Gasteiger partial charge in [-0.1, -0.05) is 42.0 Å². The fourth-order valence-corrected chi connectivity index (χ4v) is 10.4. The second-order valence-corrected chi connectivity index (χ2v) is 30.2. The summed E-state index contributed by atoms with van der Waals surface area (Å²) in [4.78, 5) is 62.8. The van der Waals surface area contributed by atoms with Gasteiger partial charge in [-0.05, 0) is 225 Å². The van der Waals surface area contributed by atoms with Crippen molar-refractivity contribution in [3.05, 3.63) is 218 Å². The molecule has 140 heavy (non-hydrogen) atoms. The number of aromatic carboxylic acids is 2. The summed E-state index contributed by atoms with van der Waals surface area (Å²) in [6, 6.07) is 25.6. The SMILES string of the molecule is C.C.C.C#CC(O)(c1cc(OC(C)C)cc(OC(C)C)c1)c1c(F)c(F)c(F)c(F)c1F.CC.CC(C)OC(=O)c1cc(OC(C)C)cc(OC(C)C)c1.CC(C)Oc1cc(OC(C)C)cc(C(=O)O)c1.CC(C)Oc1cc(OC(C)C)cc(C(=O)c2c(F)c(F)c(F)c(F)c2F)c1.CNO.CON(C)C(=O)c1cc(OC(C)C)cc(OC(C)C)c1.F.I.O=C(O)c1cc(O)cc(O)c1.[Br-].[C-]#C.[HH].[Li+].[Mg+2].[OH-]. The van der Waals surface area contributed by atoms with Crippen molar-refractivity contribution in [2.45, 2.75) is 261 Å². The van der Waals surface area contributed by atoms with E-state index >= 15 is 0 Å². The van der Waals surface area contributed by atoms with Crippen LogP contribution in [0.1, 0.15) is 258 Å². The molecule has 0 heterocycles. The first-order valence-corrected chi connectivity index (χ1v) is 40.8. The predicted molar refractivity (Wildman–Crippen MR) is 519 cm³/mol. The summed E-state index contributed by atoms with van der Waals surface area (Å²) >= 11 is 0. The average molecular weight is 2190 g/mol. The van der Waals surface area contributed by atoms with Crippen molar-refractivity contribution < 1.29 is 203 Å². The number of phenolic OH excluding ortho intramolecular Hbond substituents is 2. The number of ether oxygens (including phenoxy) is 11. The number of nitrogens with one attached hydrogen (secondary N) is 1. The maximum Gasteiger partial charge on any atom is 2.00 e. The van der Waals surface area contributed by atoms with Crippen LogP contribution in [0.4, 0.5) is 48.6 Å². The Kier molecular flexibility index (Phi) is 78.9. The Hall–Kier alpha value is -10.4. The molecule has 0 aliphatic rings. The molecular weight excluding hydrogens is 2050 g/mol. The number of aliphatic hydroxyl groups is 1. The van der Waals surface area contributed by atoms with E-state index in [1.165, 1.54) is 38.4 Å². The molecular formula is C99H136BrF11ILiMgN2O24. The first-order valence-electron chi connectivity index (χ1n) is 40.8. The van der Waals surface area contributed by atoms with E-state index < -0.39 is 92.6 Å². The molecule has 8 rings (SSSR count). The van der Waals surface area contributed by atoms with Crippen molar-refractivity contribution in [3.63, 3.8) is 0 Å². The smallest absolute Gasteiger partial charge is 1.00 e. The molecule has 0 radical (unpaired) electrons. The van der Waals surface area contributed by atoms with Crippen LogP contribution < -0.4 is 88.7 Å². The van der Waals surface area contributed by atoms with E-state index in [9.17, 15) is 73.0 Å². The maximum absolute atomic E-state index is 14.4. The van der Waals surface area contributed by atoms with Crippen LogP contribution in [0.5, 0.6) is 69.0 Å². The Labute approximate surface area is 872 Å². The molecule has 0 saturated heterocycles. The molecule has 0 aliphatic carbocycles. The van der Waals surface area contributed by atoms with E-state index in [-0.39, 0.29) is 253 Å². The Morgan fingerprint density at radius 1 is 0.400 bits per heavy atom. The van der Waals surface area contributed by atoms with Gasteiger partial charge in [-0.25, -0.2) is 68.8 Å². The topological polar surface area (TPSA) is 363 Å². The second-order valence-electron chi connectivity index (χ2n) is 30.2. The van der Waals surface area contributed by atoms with Gasteiger partial charge >= 0.3 is 59.8 Å². The number of esters is 1. The van der Waals surface area contributed by atoms with Gasteiger partial charge in [0.25, 0.3) is 5.91 Å². The van der Waals surface area contributed by atoms with Crippen molar-refractivity contribution >= 4 is 76.6 Å². The molecule has 780 valence electrons. The number of nitrogens with zero attached hydrogens (tertiary/aromatic N) is 1. The molecule has 0 saturated carbocycles. The monoisotopic (exact) mass is 2180 g/mol. The first kappa shape index (κ1) is 150. The molecule has 0 bridgehead atoms. The van der Waals surface area contributed by atoms with Gasteiger partial charge in [-0.3, -0.25) is 19.1 Å². The van der Waals surface area contributed by atoms with Gasteiger partial charge in [0.15, 0.2) is 57.9 Å². The molecule has 8 N–H and O–H groups in total. The van der Waals surface area contributed by atoms with E-state index in [0.717, 1.165) is 47.5 Å². The number of amides is 1. The number of hydroxylamine groups is 3. The zero-order chi connectivity index (χ0) is 101. The summed E-state index contributed by atoms with van der Waals surface area (Å²) in [6.07, 6.45) is 13.0. The van der Waals surface area contributed by atoms with Crippen LogP contribution in [0, 0.1) is 83.4 Å². The molecule has 0 aromatic heterocycles. The molecule has 0 aliphatic heterocycles. The van der Waals surface area contributed by atoms with Gasteiger partial charge in [0.05, 0.1) is 96.5 Å². The number of carboxylic acids is 2. The van der Waals surface area contributed by atoms with Gasteiger partial charge in [0, 0.05) is 68.6 Å². The summed E-state index contributed by atoms with van der Waals surface area (Å²) < 4.78 is 198. The number of benzene rings is 8. The van der Waals surface area contributed by atoms with E-state index in [1.807, 2.05) is 111 Å². The number of carbonyl (C=O) groups is 5. The minimum atomic E-state index is -2.99. The molecule has 8 aromatic carbocycles. The van der Waals surface area contributed by atoms with Crippen LogP contribution in [0.3, 0.4) is 0 Å². The zero-order valence-electron chi connectivity index (χ0n) is 81.6. The summed E-state index contributed by atoms with van der Waals surface area (Å²) in [7, 11) is 4.43. The molecule has 1 unspecified atom stereocenters. The van der Waals surface area contributed by atoms with Gasteiger partial charge in [0.1, 0.15) is 74.6 Å². The standard InChI is InChI=1S/C21H19F5O3.C19H17F5O3.C16H24O4.C15H23NO4.C13H18O4.C7H6O4.C2H6.C2H.CH5NO.3CH4.BrH.FH.HI.Li.Mg.H2O.H2/c1-6-21(27,15-16(22)18(24)20(26)19(25)17(15)23)12-7-13(28-10(2)3)9-14(8-12)29-11(4)5;1-8(2)26-11-5-10(6-12(7-11)27-9(3)4)19(25)13-14(20)16(22)18(24)17(23)15(13)21;1-10(2)18-14-7-13(16(17)20-12(5)6)8-15(9-14)19-11(3)4;1-10(2)19-13-7-12(15(17)16(5)18-6)8-14(9-13)20-11(3)4;1-8(2)16-11-5-10(13(14)15)6-12(7-11)17-9(3)4;8-5-1-4(7(10)11)2-6(9)3-5;2*1-2;1-2-3;;;;;;;;;;/h1,7-11,27H,2-5H3;5-9H,1-4H3;7-12H,1-6H3;7-11H,1-6H3;5-9H,1-4H3,(H,14,15);1-3,8-9H,(H,10,11);1-2H3;1H;2-3H,1H3;3*1H4;3*1H;;;1H2;1H/q;;;;;;;-1;;;;;;;;+1;+2;;/p-2. The molecule has 41 heteroatoms. The maximum atomic E-state index is 14.4. The first-order chi connectivity index (χ1) is 60.9. The van der Waals surface area contributed by atoms with E-state index in [4.69, 9.17) is 95.4 Å². The minimum Gasteiger partial charge on any atom is -1.00 e. The van der Waals surface area contributed by atoms with Gasteiger partial charge in [0.2, 0.25) is 11.6 Å². The fourth-order valence-electron chi connectivity index (χ4n) is 10.4. The number of ketones is 1. The fraction of sp³-hybridized carbons (Fsp3) is 0.424. The summed E-state index contributed by atoms with van der Waals surface area (Å²) in [6.45, 7) is 44.3. The van der Waals surface area contributed by atoms with Crippen molar-refractivity contribution in [3.8, 4) is 87.8 Å². The van der Waals surface area contributed by atoms with Crippen LogP contribution in [0.25, 0.3) is 0 Å². The molecule has 0 spiro atoms. The minimum absolute atomic E-state index is 0. The molecule has 1 amide bonds. The number of phenols is 2. The molecule has 8 aromatic rings. The van der Waals surface area contributed by atoms with Crippen LogP contribution in [0.2, 0.25) is 0 Å². The Balaban J connectivity index is -0.000000158. The quantitative estimate of drug-likeness (QED) is 0.00210. The number of rotatable bonds is 30. The molecule has 0 fully saturated rings. The van der Waals surface area contributed by atoms with Crippen molar-refractivity contribution in [2.24, 2.45) is 0 Å². The zero-order valence-corrected chi connectivity index (χ0v) is 86.9. The molecule has 26 nitrogen and oxygen atoms in total. The average Bonchev–Trinajstić information content (AvgIpc) is 0.743. The normalized spacial score (nSPS) is 10.3. The van der Waals surface area contributed by atoms with Gasteiger partial charge in [-0.15, -0.1) is 30.4 Å². The van der Waals surface area contributed by atoms with E-state index in [0.29, 0.717) is 45.6 Å². The number of aromatic hydroxyl groups is 2. The van der Waals surface area contributed by atoms with Gasteiger partial charge in [-0.2, -0.15) is 0 Å². The number of carboxylic acid groups (broad SMARTS) is 2. The number of terminal acetylenes is 2. The van der Waals surface area contributed by atoms with Crippen molar-refractivity contribution in [1.82, 2.24) is 10.5 Å². The second kappa shape index (κ2) is 73.7. The number of carbonyl (C=O) groups excluding carboxylic acids is 3. The number of halogens is 13. The third-order valence-corrected chi connectivity index (χ3v) is 14.8. The third-order valence-electron chi connectivity index (χ3n) is 14.8. The number of hydrogen-bond donors (Lipinski definition) is 7. The number of hydrogen-bond acceptors (Lipinski definition) is 23. The Morgan fingerprint density at radius 2 is 0.607 bits per heavy atom. The third kappa shape index (κ3) is 51.9. The van der Waals surface area contributed by atoms with Crippen LogP contribution in [-0.2, 0) is 15.2 Å². The largest absolute Gasteiger partial charge is 2.00 e. The van der Waals surface area contributed by atoms with Crippen LogP contribution in [-0.4, -0.2) is 182 Å². The molecule has 1 atom stereocenters. The summed E-state index contributed by atoms with van der Waals surface area (Å²) in [5.74, 6) is -21.4. The predicted octanol–water partition coefficient (Wildman–Crippen LogP) is 17.7. The Morgan fingerprint density at radius 3 is 0.829 bits per heavy atom. The Bertz CT molecular complexity index is 4900. The van der Waals surface area contributed by atoms with Crippen molar-refractivity contribution in [2.75, 3.05) is 21.2 Å². The van der Waals surface area contributed by atoms with E-state index in [2.05, 4.69) is 6.42 Å². The summed E-state index contributed by atoms with van der Waals surface area (Å²) in [5.41, 5.74) is -4.12. The van der Waals surface area contributed by atoms with Crippen LogP contribution >= 0.6 is 24.0 Å². The van der Waals surface area contributed by atoms with Gasteiger partial charge < -0.3 is 118 Å². The van der Waals surface area contributed by atoms with Crippen LogP contribution in [0.15, 0.2) is 109 Å². The van der Waals surface area contributed by atoms with Crippen molar-refractivity contribution in [1.29, 1.82) is 0 Å². The summed E-state index contributed by atoms with van der Waals surface area (Å²) in [5, 5.41) is 54.4.